The van der Waals surface area contributed by atoms with Crippen molar-refractivity contribution in [3.05, 3.63) is 41.3 Å². The predicted octanol–water partition coefficient (Wildman–Crippen LogP) is 3.41. The third kappa shape index (κ3) is 5.38. The maximum absolute atomic E-state index is 12.8. The van der Waals surface area contributed by atoms with Crippen molar-refractivity contribution in [2.45, 2.75) is 76.3 Å². The molecule has 1 N–H and O–H groups in total. The number of carbonyl (C=O) groups is 1. The topological polar surface area (TPSA) is 93.1 Å². The standard InChI is InChI=1S/C21H31NO6S/c1-14-8-10-16(11-9-14)29(25,26)15(2)12-18(23)17-13-27-21(6,7)22(17)19(24)28-20(3,4)5/h8-11,17-18,23H,2,12-13H2,1,3-7H3/t17-,18+/m0/s1. The van der Waals surface area contributed by atoms with E-state index in [1.807, 2.05) is 6.92 Å². The highest BCUT2D eigenvalue weighted by Crippen LogP contribution is 2.33. The van der Waals surface area contributed by atoms with Crippen LogP contribution in [0.25, 0.3) is 0 Å². The molecule has 0 aliphatic carbocycles. The van der Waals surface area contributed by atoms with E-state index in [0.29, 0.717) is 0 Å². The summed E-state index contributed by atoms with van der Waals surface area (Å²) in [6.07, 6.45) is -2.03. The van der Waals surface area contributed by atoms with E-state index >= 15 is 0 Å². The summed E-state index contributed by atoms with van der Waals surface area (Å²) < 4.78 is 36.7. The quantitative estimate of drug-likeness (QED) is 0.777. The summed E-state index contributed by atoms with van der Waals surface area (Å²) in [6.45, 7) is 14.2. The van der Waals surface area contributed by atoms with Crippen molar-refractivity contribution in [3.8, 4) is 0 Å². The van der Waals surface area contributed by atoms with Crippen LogP contribution in [0.4, 0.5) is 4.79 Å². The summed E-state index contributed by atoms with van der Waals surface area (Å²) in [7, 11) is -3.81. The van der Waals surface area contributed by atoms with Crippen LogP contribution in [0.15, 0.2) is 40.6 Å². The fraction of sp³-hybridized carbons (Fsp3) is 0.571. The highest BCUT2D eigenvalue weighted by Gasteiger charge is 2.48. The Morgan fingerprint density at radius 1 is 1.34 bits per heavy atom. The first-order chi connectivity index (χ1) is 13.1. The molecule has 8 heteroatoms. The molecule has 1 aromatic carbocycles. The minimum atomic E-state index is -3.81. The van der Waals surface area contributed by atoms with Crippen molar-refractivity contribution in [2.24, 2.45) is 0 Å². The van der Waals surface area contributed by atoms with E-state index in [9.17, 15) is 18.3 Å². The third-order valence-corrected chi connectivity index (χ3v) is 6.52. The molecule has 1 aromatic rings. The number of nitrogens with zero attached hydrogens (tertiary/aromatic N) is 1. The molecule has 29 heavy (non-hydrogen) atoms. The zero-order chi connectivity index (χ0) is 22.2. The van der Waals surface area contributed by atoms with Gasteiger partial charge in [0.15, 0.2) is 0 Å². The van der Waals surface area contributed by atoms with Crippen molar-refractivity contribution in [3.63, 3.8) is 0 Å². The van der Waals surface area contributed by atoms with Gasteiger partial charge in [-0.05, 0) is 53.7 Å². The van der Waals surface area contributed by atoms with Gasteiger partial charge in [-0.25, -0.2) is 13.2 Å². The van der Waals surface area contributed by atoms with Gasteiger partial charge in [0.2, 0.25) is 9.84 Å². The average molecular weight is 426 g/mol. The molecule has 2 rings (SSSR count). The van der Waals surface area contributed by atoms with Gasteiger partial charge in [-0.15, -0.1) is 0 Å². The van der Waals surface area contributed by atoms with E-state index in [0.717, 1.165) is 5.56 Å². The summed E-state index contributed by atoms with van der Waals surface area (Å²) in [6, 6.07) is 5.67. The summed E-state index contributed by atoms with van der Waals surface area (Å²) in [5.41, 5.74) is -0.776. The Kier molecular flexibility index (Phi) is 6.52. The lowest BCUT2D eigenvalue weighted by atomic mass is 10.1. The molecule has 162 valence electrons. The maximum Gasteiger partial charge on any atom is 0.412 e. The van der Waals surface area contributed by atoms with Crippen LogP contribution >= 0.6 is 0 Å². The van der Waals surface area contributed by atoms with Gasteiger partial charge in [0.1, 0.15) is 11.3 Å². The monoisotopic (exact) mass is 425 g/mol. The van der Waals surface area contributed by atoms with Crippen molar-refractivity contribution < 1.29 is 27.8 Å². The molecule has 1 amide bonds. The fourth-order valence-corrected chi connectivity index (χ4v) is 4.36. The smallest absolute Gasteiger partial charge is 0.412 e. The molecule has 0 saturated carbocycles. The lowest BCUT2D eigenvalue weighted by molar-refractivity contribution is -0.0676. The molecule has 2 atom stereocenters. The molecule has 0 aromatic heterocycles. The molecule has 1 aliphatic rings. The predicted molar refractivity (Wildman–Crippen MR) is 110 cm³/mol. The van der Waals surface area contributed by atoms with Crippen LogP contribution in [0.1, 0.15) is 46.6 Å². The van der Waals surface area contributed by atoms with Crippen LogP contribution in [-0.2, 0) is 19.3 Å². The van der Waals surface area contributed by atoms with Gasteiger partial charge in [0, 0.05) is 11.3 Å². The summed E-state index contributed by atoms with van der Waals surface area (Å²) in [5.74, 6) is 0. The second-order valence-corrected chi connectivity index (χ2v) is 10.9. The van der Waals surface area contributed by atoms with E-state index in [-0.39, 0.29) is 22.8 Å². The normalized spacial score (nSPS) is 20.4. The van der Waals surface area contributed by atoms with Crippen molar-refractivity contribution in [2.75, 3.05) is 6.61 Å². The number of benzene rings is 1. The zero-order valence-corrected chi connectivity index (χ0v) is 18.7. The zero-order valence-electron chi connectivity index (χ0n) is 17.9. The van der Waals surface area contributed by atoms with Gasteiger partial charge in [0.05, 0.1) is 23.6 Å². The molecular weight excluding hydrogens is 394 g/mol. The SMILES string of the molecule is C=C(C[C@@H](O)[C@@H]1COC(C)(C)N1C(=O)OC(C)(C)C)S(=O)(=O)c1ccc(C)cc1. The first-order valence-corrected chi connectivity index (χ1v) is 11.0. The van der Waals surface area contributed by atoms with Gasteiger partial charge < -0.3 is 14.6 Å². The second kappa shape index (κ2) is 8.08. The lowest BCUT2D eigenvalue weighted by Crippen LogP contribution is -2.53. The summed E-state index contributed by atoms with van der Waals surface area (Å²) >= 11 is 0. The number of amides is 1. The van der Waals surface area contributed by atoms with Crippen molar-refractivity contribution in [1.82, 2.24) is 4.90 Å². The van der Waals surface area contributed by atoms with Crippen LogP contribution in [0.5, 0.6) is 0 Å². The van der Waals surface area contributed by atoms with Crippen molar-refractivity contribution >= 4 is 15.9 Å². The number of hydrogen-bond donors (Lipinski definition) is 1. The van der Waals surface area contributed by atoms with Crippen LogP contribution in [-0.4, -0.2) is 54.6 Å². The molecular formula is C21H31NO6S. The first kappa shape index (κ1) is 23.4. The van der Waals surface area contributed by atoms with Crippen molar-refractivity contribution in [1.29, 1.82) is 0 Å². The van der Waals surface area contributed by atoms with Crippen LogP contribution in [0.2, 0.25) is 0 Å². The highest BCUT2D eigenvalue weighted by molar-refractivity contribution is 7.95. The Hall–Kier alpha value is -1.90. The average Bonchev–Trinajstić information content (AvgIpc) is 2.89. The van der Waals surface area contributed by atoms with E-state index in [2.05, 4.69) is 6.58 Å². The second-order valence-electron chi connectivity index (χ2n) is 8.80. The number of aryl methyl sites for hydroxylation is 1. The Balaban J connectivity index is 2.19. The molecule has 7 nitrogen and oxygen atoms in total. The lowest BCUT2D eigenvalue weighted by Gasteiger charge is -2.36. The number of rotatable bonds is 5. The van der Waals surface area contributed by atoms with Gasteiger partial charge in [0.25, 0.3) is 0 Å². The maximum atomic E-state index is 12.8. The Labute approximate surface area is 173 Å². The van der Waals surface area contributed by atoms with Crippen LogP contribution in [0, 0.1) is 6.92 Å². The van der Waals surface area contributed by atoms with E-state index < -0.39 is 39.4 Å². The first-order valence-electron chi connectivity index (χ1n) is 9.49. The third-order valence-electron chi connectivity index (χ3n) is 4.70. The molecule has 1 saturated heterocycles. The molecule has 0 radical (unpaired) electrons. The number of aliphatic hydroxyl groups excluding tert-OH is 1. The molecule has 0 unspecified atom stereocenters. The van der Waals surface area contributed by atoms with Gasteiger partial charge in [-0.2, -0.15) is 0 Å². The minimum absolute atomic E-state index is 0.0608. The van der Waals surface area contributed by atoms with Gasteiger partial charge in [-0.3, -0.25) is 4.90 Å². The number of ether oxygens (including phenoxy) is 2. The fourth-order valence-electron chi connectivity index (χ4n) is 3.15. The largest absolute Gasteiger partial charge is 0.444 e. The van der Waals surface area contributed by atoms with Crippen LogP contribution in [0.3, 0.4) is 0 Å². The molecule has 0 bridgehead atoms. The number of carbonyl (C=O) groups excluding carboxylic acids is 1. The highest BCUT2D eigenvalue weighted by atomic mass is 32.2. The Bertz CT molecular complexity index is 867. The Morgan fingerprint density at radius 3 is 2.41 bits per heavy atom. The van der Waals surface area contributed by atoms with Gasteiger partial charge >= 0.3 is 6.09 Å². The summed E-state index contributed by atoms with van der Waals surface area (Å²) in [5, 5.41) is 10.8. The molecule has 1 aliphatic heterocycles. The van der Waals surface area contributed by atoms with E-state index in [1.54, 1.807) is 46.8 Å². The summed E-state index contributed by atoms with van der Waals surface area (Å²) in [4.78, 5) is 14.0. The van der Waals surface area contributed by atoms with E-state index in [1.165, 1.54) is 17.0 Å². The molecule has 1 fully saturated rings. The molecule has 1 heterocycles. The minimum Gasteiger partial charge on any atom is -0.444 e. The Morgan fingerprint density at radius 2 is 1.90 bits per heavy atom. The van der Waals surface area contributed by atoms with E-state index in [4.69, 9.17) is 9.47 Å². The number of sulfone groups is 1. The van der Waals surface area contributed by atoms with Crippen LogP contribution < -0.4 is 0 Å². The number of hydrogen-bond acceptors (Lipinski definition) is 6. The van der Waals surface area contributed by atoms with Gasteiger partial charge in [-0.1, -0.05) is 24.3 Å². The number of aliphatic hydroxyl groups is 1. The molecule has 0 spiro atoms.